The molecule has 31 heavy (non-hydrogen) atoms. The number of thiocarbonyl (C=S) groups is 1. The number of nitrogens with zero attached hydrogens (tertiary/aromatic N) is 3. The summed E-state index contributed by atoms with van der Waals surface area (Å²) in [5, 5.41) is 10.6. The highest BCUT2D eigenvalue weighted by Gasteiger charge is 2.24. The Morgan fingerprint density at radius 3 is 2.55 bits per heavy atom. The fourth-order valence-corrected chi connectivity index (χ4v) is 4.78. The summed E-state index contributed by atoms with van der Waals surface area (Å²) in [5.41, 5.74) is 3.18. The number of aryl methyl sites for hydroxylation is 1. The van der Waals surface area contributed by atoms with Gasteiger partial charge in [-0.1, -0.05) is 6.07 Å². The molecule has 0 bridgehead atoms. The van der Waals surface area contributed by atoms with Crippen LogP contribution in [0.3, 0.4) is 0 Å². The first kappa shape index (κ1) is 21.7. The number of rotatable bonds is 5. The third-order valence-corrected chi connectivity index (χ3v) is 6.28. The van der Waals surface area contributed by atoms with E-state index in [0.717, 1.165) is 50.3 Å². The van der Waals surface area contributed by atoms with Gasteiger partial charge >= 0.3 is 0 Å². The van der Waals surface area contributed by atoms with E-state index in [1.165, 1.54) is 36.2 Å². The van der Waals surface area contributed by atoms with Crippen molar-refractivity contribution in [1.29, 1.82) is 0 Å². The molecule has 1 fully saturated rings. The largest absolute Gasteiger partial charge is 0.362 e. The Kier molecular flexibility index (Phi) is 6.85. The van der Waals surface area contributed by atoms with Crippen LogP contribution in [0.25, 0.3) is 0 Å². The second-order valence-corrected chi connectivity index (χ2v) is 9.11. The third-order valence-electron chi connectivity index (χ3n) is 6.06. The van der Waals surface area contributed by atoms with Crippen molar-refractivity contribution in [3.8, 4) is 0 Å². The van der Waals surface area contributed by atoms with Crippen LogP contribution in [0.5, 0.6) is 0 Å². The van der Waals surface area contributed by atoms with Crippen LogP contribution in [0.2, 0.25) is 0 Å². The van der Waals surface area contributed by atoms with Gasteiger partial charge in [0.2, 0.25) is 5.95 Å². The number of hydrogen-bond acceptors (Lipinski definition) is 5. The molecule has 166 valence electrons. The van der Waals surface area contributed by atoms with Crippen molar-refractivity contribution in [2.75, 3.05) is 29.6 Å². The van der Waals surface area contributed by atoms with Crippen LogP contribution < -0.4 is 20.9 Å². The van der Waals surface area contributed by atoms with E-state index in [4.69, 9.17) is 22.2 Å². The van der Waals surface area contributed by atoms with Gasteiger partial charge in [0.15, 0.2) is 5.11 Å². The number of nitrogens with one attached hydrogen (secondary N) is 3. The predicted octanol–water partition coefficient (Wildman–Crippen LogP) is 4.27. The molecule has 1 aromatic carbocycles. The molecule has 1 saturated carbocycles. The van der Waals surface area contributed by atoms with Gasteiger partial charge in [-0.15, -0.1) is 0 Å². The minimum atomic E-state index is -0.277. The van der Waals surface area contributed by atoms with Crippen molar-refractivity contribution in [3.05, 3.63) is 41.3 Å². The first-order chi connectivity index (χ1) is 15.0. The maximum Gasteiger partial charge on any atom is 0.225 e. The summed E-state index contributed by atoms with van der Waals surface area (Å²) in [6.45, 7) is 0. The lowest BCUT2D eigenvalue weighted by molar-refractivity contribution is 0.387. The van der Waals surface area contributed by atoms with Gasteiger partial charge in [0.1, 0.15) is 11.6 Å². The molecule has 0 radical (unpaired) electrons. The fourth-order valence-electron chi connectivity index (χ4n) is 4.49. The molecule has 0 unspecified atom stereocenters. The molecule has 1 aromatic heterocycles. The smallest absolute Gasteiger partial charge is 0.225 e. The van der Waals surface area contributed by atoms with Crippen molar-refractivity contribution in [3.63, 3.8) is 0 Å². The van der Waals surface area contributed by atoms with E-state index < -0.39 is 0 Å². The molecule has 4 rings (SSSR count). The number of hydrogen-bond donors (Lipinski definition) is 3. The SMILES string of the molecule is CN(C)c1nc(N[C@H]2CC[C@@H](NC(=S)Nc3cccc(F)c3)CC2)nc2c1CCCC2. The average molecular weight is 443 g/mol. The van der Waals surface area contributed by atoms with Gasteiger partial charge in [0.05, 0.1) is 5.69 Å². The van der Waals surface area contributed by atoms with Gasteiger partial charge in [0, 0.05) is 37.4 Å². The Labute approximate surface area is 189 Å². The highest BCUT2D eigenvalue weighted by atomic mass is 32.1. The molecule has 8 heteroatoms. The van der Waals surface area contributed by atoms with E-state index in [0.29, 0.717) is 22.9 Å². The van der Waals surface area contributed by atoms with Gasteiger partial charge in [-0.05, 0) is 81.8 Å². The first-order valence-electron chi connectivity index (χ1n) is 11.1. The Bertz CT molecular complexity index is 926. The van der Waals surface area contributed by atoms with Gasteiger partial charge in [-0.3, -0.25) is 0 Å². The van der Waals surface area contributed by atoms with Crippen LogP contribution >= 0.6 is 12.2 Å². The van der Waals surface area contributed by atoms with Gasteiger partial charge in [-0.25, -0.2) is 9.37 Å². The lowest BCUT2D eigenvalue weighted by Crippen LogP contribution is -2.42. The normalized spacial score (nSPS) is 20.5. The lowest BCUT2D eigenvalue weighted by atomic mass is 9.91. The van der Waals surface area contributed by atoms with E-state index in [1.807, 2.05) is 0 Å². The number of benzene rings is 1. The molecule has 2 aromatic rings. The van der Waals surface area contributed by atoms with Crippen LogP contribution in [-0.2, 0) is 12.8 Å². The van der Waals surface area contributed by atoms with Crippen LogP contribution in [-0.4, -0.2) is 41.3 Å². The van der Waals surface area contributed by atoms with Crippen molar-refractivity contribution < 1.29 is 4.39 Å². The Morgan fingerprint density at radius 1 is 1.06 bits per heavy atom. The minimum absolute atomic E-state index is 0.277. The summed E-state index contributed by atoms with van der Waals surface area (Å²) in [7, 11) is 4.11. The number of fused-ring (bicyclic) bond motifs is 1. The number of halogens is 1. The van der Waals surface area contributed by atoms with Crippen LogP contribution in [0.15, 0.2) is 24.3 Å². The molecule has 6 nitrogen and oxygen atoms in total. The molecule has 0 aliphatic heterocycles. The average Bonchev–Trinajstić information content (AvgIpc) is 2.74. The van der Waals surface area contributed by atoms with E-state index in [9.17, 15) is 4.39 Å². The molecule has 0 amide bonds. The monoisotopic (exact) mass is 442 g/mol. The molecule has 1 heterocycles. The molecule has 0 spiro atoms. The second kappa shape index (κ2) is 9.77. The van der Waals surface area contributed by atoms with E-state index >= 15 is 0 Å². The molecule has 0 saturated heterocycles. The van der Waals surface area contributed by atoms with E-state index in [-0.39, 0.29) is 5.82 Å². The fraction of sp³-hybridized carbons (Fsp3) is 0.522. The summed E-state index contributed by atoms with van der Waals surface area (Å²) < 4.78 is 13.3. The molecular weight excluding hydrogens is 411 g/mol. The summed E-state index contributed by atoms with van der Waals surface area (Å²) in [5.74, 6) is 1.53. The molecule has 3 N–H and O–H groups in total. The van der Waals surface area contributed by atoms with Gasteiger partial charge in [-0.2, -0.15) is 4.98 Å². The zero-order valence-corrected chi connectivity index (χ0v) is 19.1. The predicted molar refractivity (Wildman–Crippen MR) is 128 cm³/mol. The standard InChI is InChI=1S/C23H31FN6S/c1-30(2)21-19-8-3-4-9-20(19)28-22(29-21)25-16-10-12-17(13-11-16)26-23(31)27-18-7-5-6-15(24)14-18/h5-7,14,16-17H,3-4,8-13H2,1-2H3,(H,25,28,29)(H2,26,27,31)/t16-,17+. The third kappa shape index (κ3) is 5.61. The molecule has 2 aliphatic carbocycles. The number of aromatic nitrogens is 2. The minimum Gasteiger partial charge on any atom is -0.362 e. The summed E-state index contributed by atoms with van der Waals surface area (Å²) in [6.07, 6.45) is 8.61. The Balaban J connectivity index is 1.30. The van der Waals surface area contributed by atoms with Gasteiger partial charge in [0.25, 0.3) is 0 Å². The quantitative estimate of drug-likeness (QED) is 0.598. The molecule has 0 atom stereocenters. The van der Waals surface area contributed by atoms with Crippen LogP contribution in [0.1, 0.15) is 49.8 Å². The highest BCUT2D eigenvalue weighted by molar-refractivity contribution is 7.80. The highest BCUT2D eigenvalue weighted by Crippen LogP contribution is 2.29. The summed E-state index contributed by atoms with van der Waals surface area (Å²) in [6, 6.07) is 7.01. The first-order valence-corrected chi connectivity index (χ1v) is 11.6. The maximum atomic E-state index is 13.3. The number of anilines is 3. The van der Waals surface area contributed by atoms with Crippen molar-refractivity contribution in [2.24, 2.45) is 0 Å². The van der Waals surface area contributed by atoms with Crippen LogP contribution in [0, 0.1) is 5.82 Å². The molecular formula is C23H31FN6S. The maximum absolute atomic E-state index is 13.3. The van der Waals surface area contributed by atoms with Crippen molar-refractivity contribution in [1.82, 2.24) is 15.3 Å². The zero-order valence-electron chi connectivity index (χ0n) is 18.2. The van der Waals surface area contributed by atoms with Gasteiger partial charge < -0.3 is 20.9 Å². The lowest BCUT2D eigenvalue weighted by Gasteiger charge is -2.31. The van der Waals surface area contributed by atoms with Crippen molar-refractivity contribution >= 4 is 34.8 Å². The summed E-state index contributed by atoms with van der Waals surface area (Å²) >= 11 is 5.41. The topological polar surface area (TPSA) is 65.1 Å². The van der Waals surface area contributed by atoms with Crippen LogP contribution in [0.4, 0.5) is 21.8 Å². The van der Waals surface area contributed by atoms with Crippen molar-refractivity contribution in [2.45, 2.75) is 63.5 Å². The second-order valence-electron chi connectivity index (χ2n) is 8.70. The Morgan fingerprint density at radius 2 is 1.81 bits per heavy atom. The van der Waals surface area contributed by atoms with E-state index in [1.54, 1.807) is 12.1 Å². The zero-order chi connectivity index (χ0) is 21.8. The van der Waals surface area contributed by atoms with E-state index in [2.05, 4.69) is 34.9 Å². The molecule has 2 aliphatic rings. The summed E-state index contributed by atoms with van der Waals surface area (Å²) in [4.78, 5) is 11.8. The Hall–Kier alpha value is -2.48.